The summed E-state index contributed by atoms with van der Waals surface area (Å²) in [4.78, 5) is 9.39. The van der Waals surface area contributed by atoms with Gasteiger partial charge in [-0.05, 0) is 25.7 Å². The van der Waals surface area contributed by atoms with Crippen LogP contribution in [-0.2, 0) is 12.8 Å². The zero-order chi connectivity index (χ0) is 12.5. The van der Waals surface area contributed by atoms with Gasteiger partial charge < -0.3 is 0 Å². The van der Waals surface area contributed by atoms with Crippen LogP contribution in [0.4, 0.5) is 0 Å². The summed E-state index contributed by atoms with van der Waals surface area (Å²) in [5, 5.41) is 1.77. The molecule has 0 radical (unpaired) electrons. The van der Waals surface area contributed by atoms with Crippen LogP contribution in [0.15, 0.2) is 0 Å². The zero-order valence-electron chi connectivity index (χ0n) is 10.5. The number of halogens is 1. The van der Waals surface area contributed by atoms with Gasteiger partial charge in [0.1, 0.15) is 11.0 Å². The van der Waals surface area contributed by atoms with Crippen LogP contribution in [0.2, 0.25) is 5.15 Å². The number of thioether (sulfide) groups is 2. The molecule has 2 atom stereocenters. The molecule has 2 heterocycles. The number of nitrogens with zero attached hydrogens (tertiary/aromatic N) is 2. The molecule has 2 aliphatic rings. The highest BCUT2D eigenvalue weighted by Crippen LogP contribution is 2.43. The van der Waals surface area contributed by atoms with E-state index in [4.69, 9.17) is 16.6 Å². The van der Waals surface area contributed by atoms with Gasteiger partial charge in [0.15, 0.2) is 0 Å². The molecule has 0 saturated carbocycles. The quantitative estimate of drug-likeness (QED) is 0.773. The molecule has 1 aromatic rings. The summed E-state index contributed by atoms with van der Waals surface area (Å²) in [5.41, 5.74) is 2.40. The molecule has 98 valence electrons. The van der Waals surface area contributed by atoms with E-state index in [9.17, 15) is 0 Å². The van der Waals surface area contributed by atoms with E-state index in [1.165, 1.54) is 35.6 Å². The lowest BCUT2D eigenvalue weighted by Crippen LogP contribution is -2.21. The van der Waals surface area contributed by atoms with E-state index in [-0.39, 0.29) is 0 Å². The smallest absolute Gasteiger partial charge is 0.144 e. The minimum absolute atomic E-state index is 0.428. The molecule has 0 aromatic carbocycles. The third kappa shape index (κ3) is 2.39. The second-order valence-corrected chi connectivity index (χ2v) is 7.71. The third-order valence-electron chi connectivity index (χ3n) is 3.61. The Morgan fingerprint density at radius 2 is 2.06 bits per heavy atom. The summed E-state index contributed by atoms with van der Waals surface area (Å²) < 4.78 is 0. The Labute approximate surface area is 122 Å². The highest BCUT2D eigenvalue weighted by atomic mass is 35.5. The van der Waals surface area contributed by atoms with Crippen molar-refractivity contribution in [3.8, 4) is 0 Å². The van der Waals surface area contributed by atoms with Crippen LogP contribution in [0.25, 0.3) is 0 Å². The van der Waals surface area contributed by atoms with Crippen LogP contribution >= 0.6 is 35.1 Å². The van der Waals surface area contributed by atoms with Gasteiger partial charge in [0, 0.05) is 28.0 Å². The summed E-state index contributed by atoms with van der Waals surface area (Å²) in [7, 11) is 0. The topological polar surface area (TPSA) is 25.8 Å². The van der Waals surface area contributed by atoms with E-state index in [0.717, 1.165) is 18.7 Å². The first-order chi connectivity index (χ1) is 8.79. The molecular weight excluding hydrogens is 284 g/mol. The van der Waals surface area contributed by atoms with Crippen molar-refractivity contribution < 1.29 is 0 Å². The predicted octanol–water partition coefficient (Wildman–Crippen LogP) is 3.92. The van der Waals surface area contributed by atoms with Gasteiger partial charge in [0.2, 0.25) is 0 Å². The monoisotopic (exact) mass is 300 g/mol. The molecule has 2 unspecified atom stereocenters. The van der Waals surface area contributed by atoms with Crippen LogP contribution in [0.5, 0.6) is 0 Å². The molecule has 0 N–H and O–H groups in total. The highest BCUT2D eigenvalue weighted by Gasteiger charge is 2.30. The average Bonchev–Trinajstić information content (AvgIpc) is 2.87. The molecule has 3 rings (SSSR count). The first kappa shape index (κ1) is 13.1. The summed E-state index contributed by atoms with van der Waals surface area (Å²) in [6.45, 7) is 2.26. The Kier molecular flexibility index (Phi) is 4.06. The van der Waals surface area contributed by atoms with Gasteiger partial charge in [-0.1, -0.05) is 18.5 Å². The highest BCUT2D eigenvalue weighted by molar-refractivity contribution is 8.06. The van der Waals surface area contributed by atoms with Gasteiger partial charge in [0.05, 0.1) is 5.25 Å². The van der Waals surface area contributed by atoms with Crippen molar-refractivity contribution in [2.24, 2.45) is 0 Å². The van der Waals surface area contributed by atoms with Crippen LogP contribution in [0.3, 0.4) is 0 Å². The zero-order valence-corrected chi connectivity index (χ0v) is 12.9. The van der Waals surface area contributed by atoms with Crippen molar-refractivity contribution in [1.82, 2.24) is 9.97 Å². The minimum Gasteiger partial charge on any atom is -0.236 e. The number of aryl methyl sites for hydroxylation is 1. The maximum atomic E-state index is 6.32. The van der Waals surface area contributed by atoms with E-state index >= 15 is 0 Å². The van der Waals surface area contributed by atoms with Gasteiger partial charge in [0.25, 0.3) is 0 Å². The van der Waals surface area contributed by atoms with Gasteiger partial charge in [-0.15, -0.1) is 11.8 Å². The van der Waals surface area contributed by atoms with Crippen molar-refractivity contribution in [2.45, 2.75) is 43.1 Å². The van der Waals surface area contributed by atoms with Gasteiger partial charge in [-0.2, -0.15) is 11.8 Å². The number of fused-ring (bicyclic) bond motifs is 1. The molecule has 1 saturated heterocycles. The Morgan fingerprint density at radius 1 is 1.22 bits per heavy atom. The van der Waals surface area contributed by atoms with Crippen LogP contribution in [-0.4, -0.2) is 26.7 Å². The lowest BCUT2D eigenvalue weighted by Gasteiger charge is -2.29. The number of aromatic nitrogens is 2. The molecule has 0 spiro atoms. The van der Waals surface area contributed by atoms with Crippen molar-refractivity contribution in [1.29, 1.82) is 0 Å². The van der Waals surface area contributed by atoms with Crippen LogP contribution < -0.4 is 0 Å². The molecule has 2 nitrogen and oxygen atoms in total. The molecule has 0 bridgehead atoms. The molecule has 0 amide bonds. The Hall–Kier alpha value is 0.0700. The van der Waals surface area contributed by atoms with Crippen molar-refractivity contribution in [3.63, 3.8) is 0 Å². The van der Waals surface area contributed by atoms with Gasteiger partial charge in [-0.3, -0.25) is 0 Å². The fourth-order valence-electron chi connectivity index (χ4n) is 2.67. The average molecular weight is 301 g/mol. The first-order valence-corrected chi connectivity index (χ1v) is 9.05. The number of hydrogen-bond donors (Lipinski definition) is 0. The van der Waals surface area contributed by atoms with Crippen molar-refractivity contribution >= 4 is 35.1 Å². The summed E-state index contributed by atoms with van der Waals surface area (Å²) in [5.74, 6) is 3.42. The minimum atomic E-state index is 0.428. The molecule has 5 heteroatoms. The molecular formula is C13H17ClN2S2. The van der Waals surface area contributed by atoms with E-state index in [1.807, 2.05) is 11.8 Å². The molecule has 18 heavy (non-hydrogen) atoms. The second kappa shape index (κ2) is 5.59. The number of rotatable bonds is 2. The lowest BCUT2D eigenvalue weighted by atomic mass is 10.2. The maximum Gasteiger partial charge on any atom is 0.144 e. The van der Waals surface area contributed by atoms with Crippen molar-refractivity contribution in [3.05, 3.63) is 22.2 Å². The molecule has 1 aliphatic heterocycles. The van der Waals surface area contributed by atoms with Crippen LogP contribution in [0, 0.1) is 0 Å². The molecule has 1 aliphatic carbocycles. The lowest BCUT2D eigenvalue weighted by molar-refractivity contribution is 0.742. The summed E-state index contributed by atoms with van der Waals surface area (Å²) in [6, 6.07) is 0. The normalized spacial score (nSPS) is 27.2. The Morgan fingerprint density at radius 3 is 2.89 bits per heavy atom. The fraction of sp³-hybridized carbons (Fsp3) is 0.692. The summed E-state index contributed by atoms with van der Waals surface area (Å²) in [6.07, 6.45) is 4.49. The van der Waals surface area contributed by atoms with E-state index < -0.39 is 0 Å². The third-order valence-corrected chi connectivity index (χ3v) is 7.16. The number of hydrogen-bond acceptors (Lipinski definition) is 4. The Bertz CT molecular complexity index is 453. The van der Waals surface area contributed by atoms with E-state index in [2.05, 4.69) is 23.7 Å². The standard InChI is InChI=1S/C13H17ClN2S2/c1-2-10-11(18-7-6-17-10)13-15-9-5-3-4-8(9)12(14)16-13/h10-11H,2-7H2,1H3. The SMILES string of the molecule is CCC1SCCSC1c1nc(Cl)c2c(n1)CCC2. The van der Waals surface area contributed by atoms with E-state index in [1.54, 1.807) is 0 Å². The Balaban J connectivity index is 1.93. The largest absolute Gasteiger partial charge is 0.236 e. The molecule has 1 aromatic heterocycles. The van der Waals surface area contributed by atoms with Gasteiger partial charge >= 0.3 is 0 Å². The summed E-state index contributed by atoms with van der Waals surface area (Å²) >= 11 is 10.4. The second-order valence-electron chi connectivity index (χ2n) is 4.76. The fourth-order valence-corrected chi connectivity index (χ4v) is 5.96. The van der Waals surface area contributed by atoms with Crippen LogP contribution in [0.1, 0.15) is 42.1 Å². The molecule has 1 fully saturated rings. The first-order valence-electron chi connectivity index (χ1n) is 6.58. The van der Waals surface area contributed by atoms with Crippen molar-refractivity contribution in [2.75, 3.05) is 11.5 Å². The van der Waals surface area contributed by atoms with E-state index in [0.29, 0.717) is 15.7 Å². The van der Waals surface area contributed by atoms with Gasteiger partial charge in [-0.25, -0.2) is 9.97 Å². The predicted molar refractivity (Wildman–Crippen MR) is 80.8 cm³/mol. The maximum absolute atomic E-state index is 6.32.